The fraction of sp³-hybridized carbons (Fsp3) is 0.455. The minimum absolute atomic E-state index is 0.344. The van der Waals surface area contributed by atoms with Crippen LogP contribution in [0.3, 0.4) is 0 Å². The Morgan fingerprint density at radius 2 is 2.47 bits per heavy atom. The Hall–Kier alpha value is -1.42. The first-order valence-electron chi connectivity index (χ1n) is 4.92. The van der Waals surface area contributed by atoms with Gasteiger partial charge < -0.3 is 9.47 Å². The molecule has 1 aromatic heterocycles. The van der Waals surface area contributed by atoms with Gasteiger partial charge in [0.05, 0.1) is 19.3 Å². The maximum atomic E-state index is 11.3. The lowest BCUT2D eigenvalue weighted by Crippen LogP contribution is -2.05. The van der Waals surface area contributed by atoms with Crippen LogP contribution in [0.1, 0.15) is 28.3 Å². The van der Waals surface area contributed by atoms with Crippen molar-refractivity contribution in [2.75, 3.05) is 20.3 Å². The van der Waals surface area contributed by atoms with Crippen LogP contribution in [-0.4, -0.2) is 31.3 Å². The number of ether oxygens (including phenoxy) is 2. The van der Waals surface area contributed by atoms with Crippen molar-refractivity contribution in [1.82, 2.24) is 4.98 Å². The van der Waals surface area contributed by atoms with Gasteiger partial charge in [0.25, 0.3) is 0 Å². The molecule has 1 saturated heterocycles. The number of esters is 1. The first-order chi connectivity index (χ1) is 7.31. The average Bonchev–Trinajstić information content (AvgIpc) is 2.82. The summed E-state index contributed by atoms with van der Waals surface area (Å²) in [5.74, 6) is 0.0189. The standard InChI is InChI=1S/C11H13NO3/c1-14-11(13)10-4-9(5-12-6-10)8-2-3-15-7-8/h4-6,8H,2-3,7H2,1H3. The van der Waals surface area contributed by atoms with Crippen molar-refractivity contribution in [1.29, 1.82) is 0 Å². The van der Waals surface area contributed by atoms with E-state index in [9.17, 15) is 4.79 Å². The van der Waals surface area contributed by atoms with E-state index in [-0.39, 0.29) is 5.97 Å². The molecule has 2 heterocycles. The summed E-state index contributed by atoms with van der Waals surface area (Å²) >= 11 is 0. The van der Waals surface area contributed by atoms with Gasteiger partial charge in [0, 0.05) is 24.9 Å². The largest absolute Gasteiger partial charge is 0.465 e. The molecule has 0 N–H and O–H groups in total. The van der Waals surface area contributed by atoms with E-state index in [1.54, 1.807) is 6.20 Å². The lowest BCUT2D eigenvalue weighted by Gasteiger charge is -2.08. The zero-order valence-corrected chi connectivity index (χ0v) is 8.60. The number of carbonyl (C=O) groups excluding carboxylic acids is 1. The van der Waals surface area contributed by atoms with Crippen LogP contribution < -0.4 is 0 Å². The number of carbonyl (C=O) groups is 1. The monoisotopic (exact) mass is 207 g/mol. The Bertz CT molecular complexity index is 359. The molecule has 0 bridgehead atoms. The number of aromatic nitrogens is 1. The summed E-state index contributed by atoms with van der Waals surface area (Å²) in [4.78, 5) is 15.3. The third-order valence-corrected chi connectivity index (χ3v) is 2.58. The summed E-state index contributed by atoms with van der Waals surface area (Å²) in [5.41, 5.74) is 1.55. The van der Waals surface area contributed by atoms with E-state index in [2.05, 4.69) is 9.72 Å². The highest BCUT2D eigenvalue weighted by molar-refractivity contribution is 5.89. The molecule has 15 heavy (non-hydrogen) atoms. The van der Waals surface area contributed by atoms with E-state index in [1.165, 1.54) is 13.3 Å². The van der Waals surface area contributed by atoms with Gasteiger partial charge in [0.1, 0.15) is 0 Å². The van der Waals surface area contributed by atoms with Crippen molar-refractivity contribution >= 4 is 5.97 Å². The second-order valence-corrected chi connectivity index (χ2v) is 3.56. The molecule has 1 atom stereocenters. The van der Waals surface area contributed by atoms with Crippen LogP contribution in [0.2, 0.25) is 0 Å². The summed E-state index contributed by atoms with van der Waals surface area (Å²) < 4.78 is 9.94. The minimum Gasteiger partial charge on any atom is -0.465 e. The Kier molecular flexibility index (Phi) is 2.97. The predicted molar refractivity (Wildman–Crippen MR) is 53.8 cm³/mol. The van der Waals surface area contributed by atoms with Gasteiger partial charge in [-0.15, -0.1) is 0 Å². The van der Waals surface area contributed by atoms with Crippen molar-refractivity contribution in [3.05, 3.63) is 29.6 Å². The van der Waals surface area contributed by atoms with Crippen LogP contribution in [-0.2, 0) is 9.47 Å². The molecule has 1 aromatic rings. The average molecular weight is 207 g/mol. The van der Waals surface area contributed by atoms with Crippen molar-refractivity contribution in [2.45, 2.75) is 12.3 Å². The van der Waals surface area contributed by atoms with Gasteiger partial charge >= 0.3 is 5.97 Å². The number of methoxy groups -OCH3 is 1. The van der Waals surface area contributed by atoms with Gasteiger partial charge in [-0.1, -0.05) is 0 Å². The summed E-state index contributed by atoms with van der Waals surface area (Å²) in [6.45, 7) is 1.50. The minimum atomic E-state index is -0.344. The highest BCUT2D eigenvalue weighted by Gasteiger charge is 2.19. The van der Waals surface area contributed by atoms with Crippen molar-refractivity contribution in [3.8, 4) is 0 Å². The fourth-order valence-electron chi connectivity index (χ4n) is 1.71. The molecule has 1 unspecified atom stereocenters. The molecular weight excluding hydrogens is 194 g/mol. The van der Waals surface area contributed by atoms with Gasteiger partial charge in [-0.05, 0) is 18.1 Å². The Morgan fingerprint density at radius 3 is 3.13 bits per heavy atom. The van der Waals surface area contributed by atoms with Gasteiger partial charge in [-0.25, -0.2) is 4.79 Å². The van der Waals surface area contributed by atoms with Crippen molar-refractivity contribution in [3.63, 3.8) is 0 Å². The van der Waals surface area contributed by atoms with E-state index in [0.29, 0.717) is 18.1 Å². The lowest BCUT2D eigenvalue weighted by atomic mass is 9.99. The van der Waals surface area contributed by atoms with Crippen LogP contribution in [0.4, 0.5) is 0 Å². The highest BCUT2D eigenvalue weighted by Crippen LogP contribution is 2.24. The van der Waals surface area contributed by atoms with Crippen LogP contribution in [0.5, 0.6) is 0 Å². The molecule has 0 saturated carbocycles. The molecule has 0 aromatic carbocycles. The lowest BCUT2D eigenvalue weighted by molar-refractivity contribution is 0.0600. The van der Waals surface area contributed by atoms with E-state index in [4.69, 9.17) is 4.74 Å². The Balaban J connectivity index is 2.21. The molecule has 1 fully saturated rings. The number of nitrogens with zero attached hydrogens (tertiary/aromatic N) is 1. The third-order valence-electron chi connectivity index (χ3n) is 2.58. The summed E-state index contributed by atoms with van der Waals surface area (Å²) in [5, 5.41) is 0. The number of rotatable bonds is 2. The second kappa shape index (κ2) is 4.40. The smallest absolute Gasteiger partial charge is 0.339 e. The molecule has 1 aliphatic rings. The number of hydrogen-bond donors (Lipinski definition) is 0. The summed E-state index contributed by atoms with van der Waals surface area (Å²) in [6.07, 6.45) is 4.29. The quantitative estimate of drug-likeness (QED) is 0.687. The van der Waals surface area contributed by atoms with E-state index in [1.807, 2.05) is 6.07 Å². The fourth-order valence-corrected chi connectivity index (χ4v) is 1.71. The molecule has 1 aliphatic heterocycles. The molecule has 0 radical (unpaired) electrons. The van der Waals surface area contributed by atoms with Gasteiger partial charge in [-0.2, -0.15) is 0 Å². The SMILES string of the molecule is COC(=O)c1cncc(C2CCOC2)c1. The number of pyridine rings is 1. The zero-order valence-electron chi connectivity index (χ0n) is 8.60. The van der Waals surface area contributed by atoms with Crippen LogP contribution in [0, 0.1) is 0 Å². The first-order valence-corrected chi connectivity index (χ1v) is 4.92. The van der Waals surface area contributed by atoms with E-state index < -0.39 is 0 Å². The zero-order chi connectivity index (χ0) is 10.7. The summed E-state index contributed by atoms with van der Waals surface area (Å²) in [7, 11) is 1.37. The summed E-state index contributed by atoms with van der Waals surface area (Å²) in [6, 6.07) is 1.83. The van der Waals surface area contributed by atoms with Crippen LogP contribution in [0.25, 0.3) is 0 Å². The second-order valence-electron chi connectivity index (χ2n) is 3.56. The van der Waals surface area contributed by atoms with Crippen LogP contribution in [0.15, 0.2) is 18.5 Å². The highest BCUT2D eigenvalue weighted by atomic mass is 16.5. The normalized spacial score (nSPS) is 20.2. The molecular formula is C11H13NO3. The molecule has 2 rings (SSSR count). The van der Waals surface area contributed by atoms with E-state index in [0.717, 1.165) is 18.6 Å². The maximum Gasteiger partial charge on any atom is 0.339 e. The number of hydrogen-bond acceptors (Lipinski definition) is 4. The third kappa shape index (κ3) is 2.15. The molecule has 4 nitrogen and oxygen atoms in total. The molecule has 0 amide bonds. The topological polar surface area (TPSA) is 48.4 Å². The molecule has 0 aliphatic carbocycles. The Labute approximate surface area is 88.2 Å². The molecule has 4 heteroatoms. The van der Waals surface area contributed by atoms with E-state index >= 15 is 0 Å². The van der Waals surface area contributed by atoms with Gasteiger partial charge in [-0.3, -0.25) is 4.98 Å². The van der Waals surface area contributed by atoms with Gasteiger partial charge in [0.15, 0.2) is 0 Å². The van der Waals surface area contributed by atoms with Crippen molar-refractivity contribution in [2.24, 2.45) is 0 Å². The Morgan fingerprint density at radius 1 is 1.60 bits per heavy atom. The van der Waals surface area contributed by atoms with Crippen LogP contribution >= 0.6 is 0 Å². The first kappa shape index (κ1) is 10.1. The predicted octanol–water partition coefficient (Wildman–Crippen LogP) is 1.37. The molecule has 80 valence electrons. The van der Waals surface area contributed by atoms with Gasteiger partial charge in [0.2, 0.25) is 0 Å². The maximum absolute atomic E-state index is 11.3. The molecule has 0 spiro atoms. The van der Waals surface area contributed by atoms with Crippen molar-refractivity contribution < 1.29 is 14.3 Å².